The highest BCUT2D eigenvalue weighted by atomic mass is 32.2. The minimum Gasteiger partial charge on any atom is -0.338 e. The maximum Gasteiger partial charge on any atom is 0.238 e. The molecule has 5 nitrogen and oxygen atoms in total. The van der Waals surface area contributed by atoms with Gasteiger partial charge in [0.25, 0.3) is 0 Å². The van der Waals surface area contributed by atoms with Gasteiger partial charge in [0.15, 0.2) is 0 Å². The van der Waals surface area contributed by atoms with E-state index in [2.05, 4.69) is 9.88 Å². The van der Waals surface area contributed by atoms with Gasteiger partial charge in [0, 0.05) is 6.07 Å². The van der Waals surface area contributed by atoms with Gasteiger partial charge in [-0.15, -0.1) is 0 Å². The summed E-state index contributed by atoms with van der Waals surface area (Å²) in [6.45, 7) is 4.90. The van der Waals surface area contributed by atoms with E-state index in [0.29, 0.717) is 5.69 Å². The molecule has 1 N–H and O–H groups in total. The van der Waals surface area contributed by atoms with E-state index in [0.717, 1.165) is 0 Å². The molecule has 13 heavy (non-hydrogen) atoms. The minimum absolute atomic E-state index is 0.159. The van der Waals surface area contributed by atoms with Gasteiger partial charge in [0.2, 0.25) is 15.9 Å². The maximum atomic E-state index is 11.3. The van der Waals surface area contributed by atoms with E-state index in [1.807, 2.05) is 0 Å². The van der Waals surface area contributed by atoms with E-state index >= 15 is 0 Å². The third-order valence-electron chi connectivity index (χ3n) is 1.49. The van der Waals surface area contributed by atoms with Gasteiger partial charge in [-0.1, -0.05) is 5.16 Å². The normalized spacial score (nSPS) is 12.0. The highest BCUT2D eigenvalue weighted by Gasteiger charge is 2.17. The van der Waals surface area contributed by atoms with E-state index in [9.17, 15) is 8.42 Å². The molecule has 1 heterocycles. The number of nitrogens with one attached hydrogen (secondary N) is 1. The van der Waals surface area contributed by atoms with Crippen molar-refractivity contribution in [1.82, 2.24) is 5.16 Å². The Balaban J connectivity index is 2.81. The quantitative estimate of drug-likeness (QED) is 0.801. The third kappa shape index (κ3) is 2.45. The molecule has 0 radical (unpaired) electrons. The van der Waals surface area contributed by atoms with E-state index in [-0.39, 0.29) is 5.88 Å². The molecule has 0 aliphatic rings. The van der Waals surface area contributed by atoms with Gasteiger partial charge >= 0.3 is 0 Å². The fraction of sp³-hybridized carbons (Fsp3) is 0.571. The summed E-state index contributed by atoms with van der Waals surface area (Å²) in [7, 11) is -3.32. The second kappa shape index (κ2) is 3.37. The Bertz CT molecular complexity index is 380. The lowest BCUT2D eigenvalue weighted by Crippen LogP contribution is -2.22. The van der Waals surface area contributed by atoms with Crippen LogP contribution in [0.15, 0.2) is 10.6 Å². The summed E-state index contributed by atoms with van der Waals surface area (Å²) in [5.41, 5.74) is 0.640. The summed E-state index contributed by atoms with van der Waals surface area (Å²) in [4.78, 5) is 0. The van der Waals surface area contributed by atoms with Crippen LogP contribution in [-0.4, -0.2) is 18.8 Å². The molecule has 0 fully saturated rings. The molecule has 1 rings (SSSR count). The van der Waals surface area contributed by atoms with Crippen molar-refractivity contribution in [1.29, 1.82) is 0 Å². The Morgan fingerprint density at radius 2 is 2.15 bits per heavy atom. The van der Waals surface area contributed by atoms with Crippen LogP contribution in [-0.2, 0) is 10.0 Å². The lowest BCUT2D eigenvalue weighted by atomic mass is 10.5. The molecule has 0 unspecified atom stereocenters. The maximum absolute atomic E-state index is 11.3. The average molecular weight is 204 g/mol. The molecular weight excluding hydrogens is 192 g/mol. The standard InChI is InChI=1S/C7H12N2O3S/c1-5(2)13(10,11)9-7-4-6(3)8-12-7/h4-5,9H,1-3H3. The predicted molar refractivity (Wildman–Crippen MR) is 48.9 cm³/mol. The van der Waals surface area contributed by atoms with Crippen molar-refractivity contribution < 1.29 is 12.9 Å². The lowest BCUT2D eigenvalue weighted by molar-refractivity contribution is 0.430. The molecule has 0 saturated heterocycles. The van der Waals surface area contributed by atoms with Gasteiger partial charge < -0.3 is 4.52 Å². The van der Waals surface area contributed by atoms with Crippen LogP contribution in [0.25, 0.3) is 0 Å². The van der Waals surface area contributed by atoms with E-state index in [4.69, 9.17) is 4.52 Å². The van der Waals surface area contributed by atoms with Gasteiger partial charge in [-0.3, -0.25) is 4.72 Å². The molecule has 6 heteroatoms. The first kappa shape index (κ1) is 10.0. The molecule has 0 aromatic carbocycles. The Hall–Kier alpha value is -1.04. The third-order valence-corrected chi connectivity index (χ3v) is 3.22. The van der Waals surface area contributed by atoms with Crippen molar-refractivity contribution in [3.8, 4) is 0 Å². The lowest BCUT2D eigenvalue weighted by Gasteiger charge is -2.06. The van der Waals surface area contributed by atoms with Crippen LogP contribution in [0.2, 0.25) is 0 Å². The number of sulfonamides is 1. The highest BCUT2D eigenvalue weighted by molar-refractivity contribution is 7.93. The van der Waals surface area contributed by atoms with Gasteiger partial charge in [-0.05, 0) is 20.8 Å². The largest absolute Gasteiger partial charge is 0.338 e. The molecule has 0 aliphatic carbocycles. The molecular formula is C7H12N2O3S. The van der Waals surface area contributed by atoms with Crippen LogP contribution >= 0.6 is 0 Å². The topological polar surface area (TPSA) is 72.2 Å². The van der Waals surface area contributed by atoms with Gasteiger partial charge in [-0.2, -0.15) is 0 Å². The summed E-state index contributed by atoms with van der Waals surface area (Å²) in [6, 6.07) is 1.53. The zero-order valence-corrected chi connectivity index (χ0v) is 8.55. The number of anilines is 1. The first-order chi connectivity index (χ1) is 5.92. The molecule has 0 atom stereocenters. The zero-order valence-electron chi connectivity index (χ0n) is 7.73. The summed E-state index contributed by atoms with van der Waals surface area (Å²) >= 11 is 0. The molecule has 0 saturated carbocycles. The molecule has 0 bridgehead atoms. The SMILES string of the molecule is Cc1cc(NS(=O)(=O)C(C)C)on1. The second-order valence-corrected chi connectivity index (χ2v) is 5.27. The van der Waals surface area contributed by atoms with Crippen LogP contribution in [0.1, 0.15) is 19.5 Å². The second-order valence-electron chi connectivity index (χ2n) is 3.03. The first-order valence-corrected chi connectivity index (χ1v) is 5.41. The molecule has 74 valence electrons. The fourth-order valence-corrected chi connectivity index (χ4v) is 1.28. The van der Waals surface area contributed by atoms with Crippen molar-refractivity contribution >= 4 is 15.9 Å². The van der Waals surface area contributed by atoms with Crippen LogP contribution in [0.4, 0.5) is 5.88 Å². The number of aromatic nitrogens is 1. The van der Waals surface area contributed by atoms with Crippen LogP contribution in [0.3, 0.4) is 0 Å². The Labute approximate surface area is 77.2 Å². The summed E-state index contributed by atoms with van der Waals surface area (Å²) < 4.78 is 29.6. The molecule has 0 aliphatic heterocycles. The average Bonchev–Trinajstić information content (AvgIpc) is 2.34. The van der Waals surface area contributed by atoms with Crippen LogP contribution < -0.4 is 4.72 Å². The van der Waals surface area contributed by atoms with Crippen molar-refractivity contribution in [3.05, 3.63) is 11.8 Å². The number of rotatable bonds is 3. The van der Waals surface area contributed by atoms with Crippen LogP contribution in [0.5, 0.6) is 0 Å². The number of aryl methyl sites for hydroxylation is 1. The van der Waals surface area contributed by atoms with Crippen molar-refractivity contribution in [2.75, 3.05) is 4.72 Å². The molecule has 1 aromatic heterocycles. The summed E-state index contributed by atoms with van der Waals surface area (Å²) in [6.07, 6.45) is 0. The van der Waals surface area contributed by atoms with Gasteiger partial charge in [0.05, 0.1) is 10.9 Å². The van der Waals surface area contributed by atoms with Crippen molar-refractivity contribution in [2.24, 2.45) is 0 Å². The smallest absolute Gasteiger partial charge is 0.238 e. The number of hydrogen-bond acceptors (Lipinski definition) is 4. The van der Waals surface area contributed by atoms with E-state index in [1.165, 1.54) is 6.07 Å². The van der Waals surface area contributed by atoms with Crippen LogP contribution in [0, 0.1) is 6.92 Å². The molecule has 1 aromatic rings. The number of nitrogens with zero attached hydrogens (tertiary/aromatic N) is 1. The number of hydrogen-bond donors (Lipinski definition) is 1. The van der Waals surface area contributed by atoms with E-state index < -0.39 is 15.3 Å². The summed E-state index contributed by atoms with van der Waals surface area (Å²) in [5, 5.41) is 3.07. The Morgan fingerprint density at radius 3 is 2.54 bits per heavy atom. The van der Waals surface area contributed by atoms with Crippen molar-refractivity contribution in [3.63, 3.8) is 0 Å². The van der Waals surface area contributed by atoms with Crippen molar-refractivity contribution in [2.45, 2.75) is 26.0 Å². The van der Waals surface area contributed by atoms with Gasteiger partial charge in [0.1, 0.15) is 0 Å². The fourth-order valence-electron chi connectivity index (χ4n) is 0.670. The van der Waals surface area contributed by atoms with Gasteiger partial charge in [-0.25, -0.2) is 8.42 Å². The first-order valence-electron chi connectivity index (χ1n) is 3.87. The van der Waals surface area contributed by atoms with E-state index in [1.54, 1.807) is 20.8 Å². The molecule has 0 amide bonds. The Kier molecular flexibility index (Phi) is 2.60. The minimum atomic E-state index is -3.32. The summed E-state index contributed by atoms with van der Waals surface area (Å²) in [5.74, 6) is 0.159. The highest BCUT2D eigenvalue weighted by Crippen LogP contribution is 2.12. The monoisotopic (exact) mass is 204 g/mol. The molecule has 0 spiro atoms. The zero-order chi connectivity index (χ0) is 10.1. The predicted octanol–water partition coefficient (Wildman–Crippen LogP) is 1.13. The Morgan fingerprint density at radius 1 is 1.54 bits per heavy atom.